The Morgan fingerprint density at radius 2 is 1.77 bits per heavy atom. The highest BCUT2D eigenvalue weighted by molar-refractivity contribution is 6.53. The monoisotopic (exact) mass is 615 g/mol. The number of benzene rings is 1. The van der Waals surface area contributed by atoms with Gasteiger partial charge in [0.1, 0.15) is 11.5 Å². The molecular weight excluding hydrogens is 587 g/mol. The van der Waals surface area contributed by atoms with Crippen LogP contribution >= 0.6 is 11.6 Å². The van der Waals surface area contributed by atoms with E-state index in [1.807, 2.05) is 37.4 Å². The van der Waals surface area contributed by atoms with E-state index in [4.69, 9.17) is 16.3 Å². The molecule has 0 spiro atoms. The quantitative estimate of drug-likeness (QED) is 0.152. The van der Waals surface area contributed by atoms with Crippen LogP contribution in [0.1, 0.15) is 29.4 Å². The van der Waals surface area contributed by atoms with E-state index >= 15 is 0 Å². The van der Waals surface area contributed by atoms with Crippen LogP contribution in [0.25, 0.3) is 5.69 Å². The number of halogens is 5. The number of aromatic nitrogens is 4. The molecule has 3 heterocycles. The highest BCUT2D eigenvalue weighted by Gasteiger charge is 2.35. The third-order valence-electron chi connectivity index (χ3n) is 6.47. The summed E-state index contributed by atoms with van der Waals surface area (Å²) in [5.41, 5.74) is 0.0649. The summed E-state index contributed by atoms with van der Waals surface area (Å²) >= 11 is 5.71. The molecule has 1 unspecified atom stereocenters. The van der Waals surface area contributed by atoms with Gasteiger partial charge in [0.25, 0.3) is 5.56 Å². The van der Waals surface area contributed by atoms with Crippen LogP contribution in [-0.4, -0.2) is 32.5 Å². The summed E-state index contributed by atoms with van der Waals surface area (Å²) in [7, 11) is 2.94. The average molecular weight is 616 g/mol. The van der Waals surface area contributed by atoms with E-state index in [2.05, 4.69) is 36.8 Å². The lowest BCUT2D eigenvalue weighted by Gasteiger charge is -2.15. The van der Waals surface area contributed by atoms with Gasteiger partial charge in [0.2, 0.25) is 0 Å². The fraction of sp³-hybridized carbons (Fsp3) is 0.267. The molecule has 4 rings (SSSR count). The second kappa shape index (κ2) is 14.4. The molecule has 1 aromatic carbocycles. The molecule has 13 heteroatoms. The van der Waals surface area contributed by atoms with Crippen LogP contribution in [-0.2, 0) is 24.6 Å². The first-order valence-electron chi connectivity index (χ1n) is 13.0. The molecule has 3 aromatic heterocycles. The van der Waals surface area contributed by atoms with Gasteiger partial charge in [-0.2, -0.15) is 13.2 Å². The van der Waals surface area contributed by atoms with E-state index in [1.165, 1.54) is 12.5 Å². The highest BCUT2D eigenvalue weighted by Crippen LogP contribution is 2.27. The summed E-state index contributed by atoms with van der Waals surface area (Å²) in [6, 6.07) is 12.1. The molecular formula is C30H29BClF4N4O3. The standard InChI is InChI=1S/C17H20BN2O.C13H9ClF4N2O2/c1-13-7-6-10-20-17(13)18-11-14(2)15(3)21-12-16-8-4-5-9-19-16;1-6-3-9(8(15)4-7(6)14)20-11(21)5-10(13(16,17)18)19(2)12(20)22/h4-10,15H,2,11-12H2,1,3H3;3-5H,1-2H3. The normalized spacial score (nSPS) is 11.8. The van der Waals surface area contributed by atoms with Gasteiger partial charge in [0.05, 0.1) is 24.1 Å². The number of aryl methyl sites for hydroxylation is 2. The fourth-order valence-corrected chi connectivity index (χ4v) is 4.00. The largest absolute Gasteiger partial charge is 0.431 e. The van der Waals surface area contributed by atoms with Gasteiger partial charge in [0.15, 0.2) is 7.28 Å². The van der Waals surface area contributed by atoms with E-state index in [9.17, 15) is 27.2 Å². The first-order valence-corrected chi connectivity index (χ1v) is 13.4. The van der Waals surface area contributed by atoms with Gasteiger partial charge in [-0.15, -0.1) is 0 Å². The summed E-state index contributed by atoms with van der Waals surface area (Å²) < 4.78 is 58.5. The van der Waals surface area contributed by atoms with Crippen LogP contribution in [0, 0.1) is 19.7 Å². The van der Waals surface area contributed by atoms with E-state index in [1.54, 1.807) is 6.20 Å². The van der Waals surface area contributed by atoms with Crippen molar-refractivity contribution in [2.75, 3.05) is 0 Å². The van der Waals surface area contributed by atoms with Gasteiger partial charge >= 0.3 is 11.9 Å². The Balaban J connectivity index is 0.000000236. The molecule has 225 valence electrons. The topological polar surface area (TPSA) is 79.0 Å². The van der Waals surface area contributed by atoms with Crippen LogP contribution in [0.4, 0.5) is 17.6 Å². The van der Waals surface area contributed by atoms with Crippen molar-refractivity contribution < 1.29 is 22.3 Å². The molecule has 0 saturated carbocycles. The molecule has 7 nitrogen and oxygen atoms in total. The van der Waals surface area contributed by atoms with E-state index < -0.39 is 34.6 Å². The number of pyridine rings is 2. The number of ether oxygens (including phenoxy) is 1. The molecule has 1 atom stereocenters. The minimum atomic E-state index is -4.87. The Kier molecular flexibility index (Phi) is 11.2. The number of rotatable bonds is 8. The number of hydrogen-bond acceptors (Lipinski definition) is 5. The van der Waals surface area contributed by atoms with Gasteiger partial charge in [-0.3, -0.25) is 19.3 Å². The molecule has 4 aromatic rings. The summed E-state index contributed by atoms with van der Waals surface area (Å²) in [5.74, 6) is -0.991. The highest BCUT2D eigenvalue weighted by atomic mass is 35.5. The molecule has 0 aliphatic heterocycles. The van der Waals surface area contributed by atoms with E-state index in [-0.39, 0.29) is 21.8 Å². The molecule has 43 heavy (non-hydrogen) atoms. The van der Waals surface area contributed by atoms with Crippen molar-refractivity contribution in [3.05, 3.63) is 127 Å². The predicted molar refractivity (Wildman–Crippen MR) is 159 cm³/mol. The van der Waals surface area contributed by atoms with Crippen molar-refractivity contribution in [1.29, 1.82) is 0 Å². The lowest BCUT2D eigenvalue weighted by molar-refractivity contribution is -0.144. The fourth-order valence-electron chi connectivity index (χ4n) is 3.85. The minimum absolute atomic E-state index is 0.00715. The third kappa shape index (κ3) is 8.74. The van der Waals surface area contributed by atoms with Crippen molar-refractivity contribution in [3.8, 4) is 5.69 Å². The maximum absolute atomic E-state index is 13.9. The van der Waals surface area contributed by atoms with Crippen molar-refractivity contribution >= 4 is 24.5 Å². The molecule has 0 fully saturated rings. The molecule has 0 amide bonds. The van der Waals surface area contributed by atoms with Crippen molar-refractivity contribution in [2.24, 2.45) is 7.05 Å². The van der Waals surface area contributed by atoms with Crippen molar-refractivity contribution in [1.82, 2.24) is 19.1 Å². The first-order chi connectivity index (χ1) is 20.2. The molecule has 0 aliphatic rings. The third-order valence-corrected chi connectivity index (χ3v) is 6.88. The average Bonchev–Trinajstić information content (AvgIpc) is 2.96. The van der Waals surface area contributed by atoms with Gasteiger partial charge in [-0.25, -0.2) is 13.8 Å². The summed E-state index contributed by atoms with van der Waals surface area (Å²) in [6.45, 7) is 10.2. The van der Waals surface area contributed by atoms with Crippen molar-refractivity contribution in [2.45, 2.75) is 46.0 Å². The molecule has 0 saturated heterocycles. The zero-order chi connectivity index (χ0) is 31.9. The van der Waals surface area contributed by atoms with Crippen LogP contribution in [0.5, 0.6) is 0 Å². The Morgan fingerprint density at radius 3 is 2.40 bits per heavy atom. The predicted octanol–water partition coefficient (Wildman–Crippen LogP) is 5.35. The minimum Gasteiger partial charge on any atom is -0.368 e. The number of alkyl halides is 3. The SMILES string of the molecule is C=C(C[B]c1ncccc1C)C(C)OCc1ccccn1.Cc1cc(-n2c(=O)cc(C(F)(F)F)n(C)c2=O)c(F)cc1Cl. The maximum atomic E-state index is 13.9. The maximum Gasteiger partial charge on any atom is 0.431 e. The van der Waals surface area contributed by atoms with Crippen LogP contribution < -0.4 is 16.8 Å². The molecule has 1 radical (unpaired) electrons. The molecule has 0 N–H and O–H groups in total. The summed E-state index contributed by atoms with van der Waals surface area (Å²) in [5, 5.41) is 0.0676. The van der Waals surface area contributed by atoms with Crippen LogP contribution in [0.3, 0.4) is 0 Å². The van der Waals surface area contributed by atoms with Crippen LogP contribution in [0.2, 0.25) is 11.3 Å². The van der Waals surface area contributed by atoms with E-state index in [0.717, 1.165) is 42.4 Å². The second-order valence-corrected chi connectivity index (χ2v) is 10.0. The summed E-state index contributed by atoms with van der Waals surface area (Å²) in [4.78, 5) is 32.5. The Bertz CT molecular complexity index is 1710. The first kappa shape index (κ1) is 33.5. The van der Waals surface area contributed by atoms with Gasteiger partial charge < -0.3 is 4.74 Å². The Morgan fingerprint density at radius 1 is 1.07 bits per heavy atom. The Hall–Kier alpha value is -4.03. The smallest absolute Gasteiger partial charge is 0.368 e. The van der Waals surface area contributed by atoms with Crippen molar-refractivity contribution in [3.63, 3.8) is 0 Å². The van der Waals surface area contributed by atoms with E-state index in [0.29, 0.717) is 16.7 Å². The number of hydrogen-bond donors (Lipinski definition) is 0. The summed E-state index contributed by atoms with van der Waals surface area (Å²) in [6.07, 6.45) is -0.535. The lowest BCUT2D eigenvalue weighted by atomic mass is 9.66. The van der Waals surface area contributed by atoms with Gasteiger partial charge in [-0.05, 0) is 67.8 Å². The zero-order valence-electron chi connectivity index (χ0n) is 24.0. The van der Waals surface area contributed by atoms with Gasteiger partial charge in [-0.1, -0.05) is 42.2 Å². The molecule has 0 bridgehead atoms. The number of nitrogens with zero attached hydrogens (tertiary/aromatic N) is 4. The second-order valence-electron chi connectivity index (χ2n) is 9.64. The van der Waals surface area contributed by atoms with Crippen LogP contribution in [0.15, 0.2) is 82.7 Å². The zero-order valence-corrected chi connectivity index (χ0v) is 24.7. The Labute approximate surface area is 251 Å². The molecule has 0 aliphatic carbocycles. The lowest BCUT2D eigenvalue weighted by Crippen LogP contribution is -2.41. The van der Waals surface area contributed by atoms with Gasteiger partial charge in [0, 0.05) is 30.5 Å².